The second kappa shape index (κ2) is 9.65. The number of anilines is 1. The topological polar surface area (TPSA) is 84.9 Å². The van der Waals surface area contributed by atoms with Gasteiger partial charge >= 0.3 is 0 Å². The van der Waals surface area contributed by atoms with Gasteiger partial charge in [0.15, 0.2) is 0 Å². The van der Waals surface area contributed by atoms with Crippen molar-refractivity contribution in [2.24, 2.45) is 0 Å². The van der Waals surface area contributed by atoms with Gasteiger partial charge in [-0.15, -0.1) is 0 Å². The highest BCUT2D eigenvalue weighted by Gasteiger charge is 2.29. The van der Waals surface area contributed by atoms with E-state index in [1.807, 2.05) is 19.1 Å². The normalized spacial score (nSPS) is 13.3. The first kappa shape index (κ1) is 22.5. The molecule has 0 heterocycles. The summed E-state index contributed by atoms with van der Waals surface area (Å²) in [6.45, 7) is 5.52. The first-order valence-corrected chi connectivity index (χ1v) is 11.1. The monoisotopic (exact) mass is 420 g/mol. The Morgan fingerprint density at radius 3 is 2.10 bits per heavy atom. The van der Waals surface area contributed by atoms with Crippen molar-refractivity contribution in [1.29, 1.82) is 0 Å². The minimum absolute atomic E-state index is 0.244. The Kier molecular flexibility index (Phi) is 7.50. The van der Waals surface area contributed by atoms with Crippen LogP contribution in [0.4, 0.5) is 5.69 Å². The fraction of sp³-hybridized carbons (Fsp3) is 0.381. The first-order valence-electron chi connectivity index (χ1n) is 9.25. The largest absolute Gasteiger partial charge is 0.497 e. The van der Waals surface area contributed by atoms with Crippen LogP contribution in [0.3, 0.4) is 0 Å². The first-order chi connectivity index (χ1) is 13.6. The molecule has 158 valence electrons. The molecule has 1 amide bonds. The Labute approximate surface area is 172 Å². The minimum atomic E-state index is -3.64. The highest BCUT2D eigenvalue weighted by Crippen LogP contribution is 2.21. The van der Waals surface area contributed by atoms with Crippen LogP contribution in [0.5, 0.6) is 11.5 Å². The number of rotatable bonds is 9. The predicted octanol–water partition coefficient (Wildman–Crippen LogP) is 2.74. The SMILES string of the molecule is COc1ccc(OC[C@@H](C)NC(=O)[C@H](C)N(c2ccc(C)cc2)S(C)(=O)=O)cc1. The summed E-state index contributed by atoms with van der Waals surface area (Å²) >= 11 is 0. The van der Waals surface area contributed by atoms with E-state index in [9.17, 15) is 13.2 Å². The molecule has 0 radical (unpaired) electrons. The van der Waals surface area contributed by atoms with Gasteiger partial charge < -0.3 is 14.8 Å². The maximum Gasteiger partial charge on any atom is 0.243 e. The van der Waals surface area contributed by atoms with Crippen LogP contribution in [-0.2, 0) is 14.8 Å². The van der Waals surface area contributed by atoms with Crippen molar-refractivity contribution in [3.63, 3.8) is 0 Å². The van der Waals surface area contributed by atoms with Crippen molar-refractivity contribution in [3.8, 4) is 11.5 Å². The van der Waals surface area contributed by atoms with Crippen LogP contribution < -0.4 is 19.1 Å². The van der Waals surface area contributed by atoms with Crippen LogP contribution in [0, 0.1) is 6.92 Å². The third-order valence-electron chi connectivity index (χ3n) is 4.33. The number of nitrogens with one attached hydrogen (secondary N) is 1. The average molecular weight is 421 g/mol. The van der Waals surface area contributed by atoms with E-state index in [0.717, 1.165) is 21.9 Å². The second-order valence-electron chi connectivity index (χ2n) is 6.97. The van der Waals surface area contributed by atoms with Gasteiger partial charge in [0, 0.05) is 0 Å². The van der Waals surface area contributed by atoms with Crippen molar-refractivity contribution >= 4 is 21.6 Å². The van der Waals surface area contributed by atoms with E-state index >= 15 is 0 Å². The van der Waals surface area contributed by atoms with Gasteiger partial charge in [-0.3, -0.25) is 9.10 Å². The molecule has 8 heteroatoms. The molecule has 7 nitrogen and oxygen atoms in total. The maximum atomic E-state index is 12.7. The second-order valence-corrected chi connectivity index (χ2v) is 8.83. The molecule has 0 aliphatic carbocycles. The van der Waals surface area contributed by atoms with Crippen molar-refractivity contribution in [2.45, 2.75) is 32.9 Å². The van der Waals surface area contributed by atoms with Crippen LogP contribution in [0.15, 0.2) is 48.5 Å². The number of nitrogens with zero attached hydrogens (tertiary/aromatic N) is 1. The molecule has 0 aliphatic rings. The summed E-state index contributed by atoms with van der Waals surface area (Å²) < 4.78 is 36.5. The molecule has 29 heavy (non-hydrogen) atoms. The maximum absolute atomic E-state index is 12.7. The molecule has 0 aromatic heterocycles. The molecule has 2 atom stereocenters. The van der Waals surface area contributed by atoms with E-state index in [0.29, 0.717) is 11.4 Å². The average Bonchev–Trinajstić information content (AvgIpc) is 2.67. The number of aryl methyl sites for hydroxylation is 1. The molecule has 0 aliphatic heterocycles. The lowest BCUT2D eigenvalue weighted by Gasteiger charge is -2.29. The molecule has 0 saturated heterocycles. The highest BCUT2D eigenvalue weighted by molar-refractivity contribution is 7.92. The smallest absolute Gasteiger partial charge is 0.243 e. The van der Waals surface area contributed by atoms with Crippen LogP contribution >= 0.6 is 0 Å². The summed E-state index contributed by atoms with van der Waals surface area (Å²) in [6.07, 6.45) is 1.09. The number of hydrogen-bond acceptors (Lipinski definition) is 5. The Balaban J connectivity index is 2.01. The predicted molar refractivity (Wildman–Crippen MR) is 114 cm³/mol. The summed E-state index contributed by atoms with van der Waals surface area (Å²) in [5.74, 6) is 0.976. The van der Waals surface area contributed by atoms with E-state index in [2.05, 4.69) is 5.32 Å². The van der Waals surface area contributed by atoms with Crippen LogP contribution in [0.1, 0.15) is 19.4 Å². The Bertz CT molecular complexity index is 911. The molecular weight excluding hydrogens is 392 g/mol. The van der Waals surface area contributed by atoms with Gasteiger partial charge in [-0.25, -0.2) is 8.42 Å². The highest BCUT2D eigenvalue weighted by atomic mass is 32.2. The Hall–Kier alpha value is -2.74. The standard InChI is InChI=1S/C21H28N2O5S/c1-15-6-8-18(9-7-15)23(29(5,25)26)17(3)21(24)22-16(2)14-28-20-12-10-19(27-4)11-13-20/h6-13,16-17H,14H2,1-5H3,(H,22,24)/t16-,17+/m1/s1. The lowest BCUT2D eigenvalue weighted by atomic mass is 10.2. The number of carbonyl (C=O) groups excluding carboxylic acids is 1. The van der Waals surface area contributed by atoms with E-state index in [1.165, 1.54) is 0 Å². The van der Waals surface area contributed by atoms with E-state index < -0.39 is 22.0 Å². The van der Waals surface area contributed by atoms with Gasteiger partial charge in [-0.05, 0) is 57.2 Å². The Morgan fingerprint density at radius 1 is 1.03 bits per heavy atom. The van der Waals surface area contributed by atoms with Crippen molar-refractivity contribution in [1.82, 2.24) is 5.32 Å². The molecule has 0 unspecified atom stereocenters. The molecule has 0 fully saturated rings. The third kappa shape index (κ3) is 6.39. The zero-order chi connectivity index (χ0) is 21.6. The van der Waals surface area contributed by atoms with Crippen molar-refractivity contribution < 1.29 is 22.7 Å². The molecule has 2 rings (SSSR count). The summed E-state index contributed by atoms with van der Waals surface area (Å²) in [5.41, 5.74) is 1.45. The lowest BCUT2D eigenvalue weighted by molar-refractivity contribution is -0.122. The van der Waals surface area contributed by atoms with Gasteiger partial charge in [-0.1, -0.05) is 17.7 Å². The van der Waals surface area contributed by atoms with Gasteiger partial charge in [-0.2, -0.15) is 0 Å². The van der Waals surface area contributed by atoms with Crippen molar-refractivity contribution in [3.05, 3.63) is 54.1 Å². The number of methoxy groups -OCH3 is 1. The molecule has 0 saturated carbocycles. The summed E-state index contributed by atoms with van der Waals surface area (Å²) in [7, 11) is -2.06. The van der Waals surface area contributed by atoms with Crippen LogP contribution in [0.2, 0.25) is 0 Å². The van der Waals surface area contributed by atoms with Gasteiger partial charge in [0.2, 0.25) is 15.9 Å². The van der Waals surface area contributed by atoms with Gasteiger partial charge in [0.1, 0.15) is 24.1 Å². The summed E-state index contributed by atoms with van der Waals surface area (Å²) in [5, 5.41) is 2.81. The fourth-order valence-corrected chi connectivity index (χ4v) is 3.97. The molecule has 2 aromatic rings. The molecule has 1 N–H and O–H groups in total. The van der Waals surface area contributed by atoms with Crippen molar-refractivity contribution in [2.75, 3.05) is 24.3 Å². The van der Waals surface area contributed by atoms with E-state index in [-0.39, 0.29) is 12.6 Å². The molecule has 0 spiro atoms. The zero-order valence-electron chi connectivity index (χ0n) is 17.4. The number of carbonyl (C=O) groups is 1. The van der Waals surface area contributed by atoms with Crippen LogP contribution in [-0.4, -0.2) is 46.4 Å². The van der Waals surface area contributed by atoms with Gasteiger partial charge in [0.05, 0.1) is 25.1 Å². The van der Waals surface area contributed by atoms with E-state index in [4.69, 9.17) is 9.47 Å². The number of benzene rings is 2. The Morgan fingerprint density at radius 2 is 1.59 bits per heavy atom. The molecule has 0 bridgehead atoms. The quantitative estimate of drug-likeness (QED) is 0.674. The van der Waals surface area contributed by atoms with Gasteiger partial charge in [0.25, 0.3) is 0 Å². The lowest BCUT2D eigenvalue weighted by Crippen LogP contribution is -2.50. The fourth-order valence-electron chi connectivity index (χ4n) is 2.80. The molecular formula is C21H28N2O5S. The summed E-state index contributed by atoms with van der Waals surface area (Å²) in [4.78, 5) is 12.7. The molecule has 2 aromatic carbocycles. The summed E-state index contributed by atoms with van der Waals surface area (Å²) in [6, 6.07) is 12.9. The number of ether oxygens (including phenoxy) is 2. The third-order valence-corrected chi connectivity index (χ3v) is 5.57. The minimum Gasteiger partial charge on any atom is -0.497 e. The number of hydrogen-bond donors (Lipinski definition) is 1. The zero-order valence-corrected chi connectivity index (χ0v) is 18.2. The van der Waals surface area contributed by atoms with Crippen LogP contribution in [0.25, 0.3) is 0 Å². The van der Waals surface area contributed by atoms with E-state index in [1.54, 1.807) is 57.4 Å². The number of sulfonamides is 1. The number of amides is 1.